The van der Waals surface area contributed by atoms with Crippen LogP contribution in [0.2, 0.25) is 0 Å². The number of nitrogens with zero attached hydrogens (tertiary/aromatic N) is 1. The lowest BCUT2D eigenvalue weighted by molar-refractivity contribution is 0.0788. The van der Waals surface area contributed by atoms with Crippen molar-refractivity contribution in [2.75, 3.05) is 19.3 Å². The van der Waals surface area contributed by atoms with Crippen molar-refractivity contribution in [1.82, 2.24) is 14.6 Å². The van der Waals surface area contributed by atoms with Crippen molar-refractivity contribution in [1.29, 1.82) is 0 Å². The molecule has 25 heavy (non-hydrogen) atoms. The molecule has 8 heteroatoms. The summed E-state index contributed by atoms with van der Waals surface area (Å²) in [5.74, 6) is -0.0896. The maximum Gasteiger partial charge on any atom is 0.208 e. The number of carbonyl (C=O) groups is 2. The Hall–Kier alpha value is -1.51. The second kappa shape index (κ2) is 7.39. The lowest BCUT2D eigenvalue weighted by Gasteiger charge is -2.35. The molecule has 1 aromatic heterocycles. The van der Waals surface area contributed by atoms with E-state index in [-0.39, 0.29) is 23.7 Å². The largest absolute Gasteiger partial charge is 0.355 e. The summed E-state index contributed by atoms with van der Waals surface area (Å²) in [6.07, 6.45) is 2.51. The van der Waals surface area contributed by atoms with Gasteiger partial charge in [0.2, 0.25) is 10.0 Å². The van der Waals surface area contributed by atoms with Crippen LogP contribution in [0.15, 0.2) is 0 Å². The quantitative estimate of drug-likeness (QED) is 0.739. The van der Waals surface area contributed by atoms with E-state index in [0.717, 1.165) is 11.9 Å². The molecule has 1 aromatic rings. The first-order valence-electron chi connectivity index (χ1n) is 8.47. The zero-order valence-corrected chi connectivity index (χ0v) is 16.3. The topological polar surface area (TPSA) is 99.3 Å². The minimum Gasteiger partial charge on any atom is -0.355 e. The van der Waals surface area contributed by atoms with E-state index in [2.05, 4.69) is 14.6 Å². The van der Waals surface area contributed by atoms with E-state index in [1.165, 1.54) is 6.92 Å². The third-order valence-electron chi connectivity index (χ3n) is 4.87. The fourth-order valence-electron chi connectivity index (χ4n) is 3.61. The number of hydrogen-bond acceptors (Lipinski definition) is 5. The first kappa shape index (κ1) is 19.8. The van der Waals surface area contributed by atoms with Crippen molar-refractivity contribution < 1.29 is 18.0 Å². The van der Waals surface area contributed by atoms with Crippen LogP contribution in [0.4, 0.5) is 0 Å². The Morgan fingerprint density at radius 1 is 1.24 bits per heavy atom. The molecule has 0 amide bonds. The van der Waals surface area contributed by atoms with Crippen LogP contribution in [0.3, 0.4) is 0 Å². The molecule has 0 spiro atoms. The van der Waals surface area contributed by atoms with Crippen molar-refractivity contribution in [2.24, 2.45) is 0 Å². The highest BCUT2D eigenvalue weighted by Crippen LogP contribution is 2.22. The number of Topliss-reactive ketones (excluding diaryl/α,β-unsaturated/α-hetero) is 2. The normalized spacial score (nSPS) is 18.3. The Morgan fingerprint density at radius 3 is 2.24 bits per heavy atom. The number of aromatic amines is 1. The van der Waals surface area contributed by atoms with Crippen LogP contribution in [0, 0.1) is 13.8 Å². The highest BCUT2D eigenvalue weighted by atomic mass is 32.2. The number of carbonyl (C=O) groups excluding carboxylic acids is 2. The van der Waals surface area contributed by atoms with E-state index in [1.807, 2.05) is 6.92 Å². The standard InChI is InChI=1S/C17H27N3O4S/c1-10-15(13(4)21)11(2)18-16(10)17(22)12(3)20-8-6-14(7-9-20)19-25(5,23)24/h12,14,18-19H,6-9H2,1-5H3/t12-/m0/s1. The molecule has 0 bridgehead atoms. The Bertz CT molecular complexity index is 774. The monoisotopic (exact) mass is 369 g/mol. The van der Waals surface area contributed by atoms with Crippen LogP contribution < -0.4 is 4.72 Å². The first-order valence-corrected chi connectivity index (χ1v) is 10.4. The summed E-state index contributed by atoms with van der Waals surface area (Å²) in [4.78, 5) is 29.7. The van der Waals surface area contributed by atoms with Gasteiger partial charge in [-0.25, -0.2) is 13.1 Å². The summed E-state index contributed by atoms with van der Waals surface area (Å²) in [5.41, 5.74) is 2.50. The van der Waals surface area contributed by atoms with Gasteiger partial charge in [-0.3, -0.25) is 14.5 Å². The molecule has 1 saturated heterocycles. The van der Waals surface area contributed by atoms with Gasteiger partial charge >= 0.3 is 0 Å². The molecule has 1 aliphatic heterocycles. The average Bonchev–Trinajstić information content (AvgIpc) is 2.79. The van der Waals surface area contributed by atoms with E-state index in [1.54, 1.807) is 13.8 Å². The third kappa shape index (κ3) is 4.56. The second-order valence-electron chi connectivity index (χ2n) is 6.92. The Balaban J connectivity index is 2.07. The Kier molecular flexibility index (Phi) is 5.86. The lowest BCUT2D eigenvalue weighted by Crippen LogP contribution is -2.49. The van der Waals surface area contributed by atoms with Crippen molar-refractivity contribution in [3.8, 4) is 0 Å². The van der Waals surface area contributed by atoms with Gasteiger partial charge in [0, 0.05) is 30.4 Å². The van der Waals surface area contributed by atoms with Crippen LogP contribution in [0.25, 0.3) is 0 Å². The zero-order chi connectivity index (χ0) is 18.9. The first-order chi connectivity index (χ1) is 11.5. The van der Waals surface area contributed by atoms with Gasteiger partial charge in [0.1, 0.15) is 0 Å². The van der Waals surface area contributed by atoms with Crippen LogP contribution >= 0.6 is 0 Å². The number of ketones is 2. The predicted molar refractivity (Wildman–Crippen MR) is 96.6 cm³/mol. The molecule has 0 aliphatic carbocycles. The summed E-state index contributed by atoms with van der Waals surface area (Å²) in [7, 11) is -3.21. The number of sulfonamides is 1. The molecular formula is C17H27N3O4S. The smallest absolute Gasteiger partial charge is 0.208 e. The third-order valence-corrected chi connectivity index (χ3v) is 5.63. The molecule has 0 unspecified atom stereocenters. The van der Waals surface area contributed by atoms with Crippen LogP contribution in [-0.2, 0) is 10.0 Å². The van der Waals surface area contributed by atoms with E-state index in [9.17, 15) is 18.0 Å². The molecule has 1 atom stereocenters. The lowest BCUT2D eigenvalue weighted by atomic mass is 9.99. The van der Waals surface area contributed by atoms with Crippen molar-refractivity contribution in [2.45, 2.75) is 52.6 Å². The van der Waals surface area contributed by atoms with Gasteiger partial charge < -0.3 is 4.98 Å². The number of H-pyrrole nitrogens is 1. The van der Waals surface area contributed by atoms with Crippen LogP contribution in [-0.4, -0.2) is 61.3 Å². The number of aromatic nitrogens is 1. The van der Waals surface area contributed by atoms with E-state index < -0.39 is 10.0 Å². The maximum absolute atomic E-state index is 12.9. The molecule has 0 saturated carbocycles. The van der Waals surface area contributed by atoms with Crippen molar-refractivity contribution in [3.05, 3.63) is 22.5 Å². The molecule has 1 fully saturated rings. The number of piperidine rings is 1. The number of aryl methyl sites for hydroxylation is 1. The molecule has 2 heterocycles. The predicted octanol–water partition coefficient (Wildman–Crippen LogP) is 1.42. The molecule has 0 radical (unpaired) electrons. The molecule has 1 aliphatic rings. The zero-order valence-electron chi connectivity index (χ0n) is 15.5. The minimum atomic E-state index is -3.21. The number of nitrogens with one attached hydrogen (secondary N) is 2. The van der Waals surface area contributed by atoms with Gasteiger partial charge in [-0.1, -0.05) is 0 Å². The fourth-order valence-corrected chi connectivity index (χ4v) is 4.45. The van der Waals surface area contributed by atoms with Gasteiger partial charge in [-0.2, -0.15) is 0 Å². The Morgan fingerprint density at radius 2 is 1.80 bits per heavy atom. The molecular weight excluding hydrogens is 342 g/mol. The highest BCUT2D eigenvalue weighted by molar-refractivity contribution is 7.88. The molecule has 0 aromatic carbocycles. The summed E-state index contributed by atoms with van der Waals surface area (Å²) >= 11 is 0. The highest BCUT2D eigenvalue weighted by Gasteiger charge is 2.30. The van der Waals surface area contributed by atoms with Crippen LogP contribution in [0.5, 0.6) is 0 Å². The van der Waals surface area contributed by atoms with Gasteiger partial charge in [0.15, 0.2) is 11.6 Å². The summed E-state index contributed by atoms with van der Waals surface area (Å²) in [6, 6.07) is -0.400. The molecule has 7 nitrogen and oxygen atoms in total. The minimum absolute atomic E-state index is 0.0392. The van der Waals surface area contributed by atoms with Crippen LogP contribution in [0.1, 0.15) is 58.8 Å². The van der Waals surface area contributed by atoms with Gasteiger partial charge in [0.25, 0.3) is 0 Å². The van der Waals surface area contributed by atoms with Crippen molar-refractivity contribution >= 4 is 21.6 Å². The number of rotatable bonds is 6. The molecule has 2 N–H and O–H groups in total. The summed E-state index contributed by atoms with van der Waals surface area (Å²) in [5, 5.41) is 0. The summed E-state index contributed by atoms with van der Waals surface area (Å²) < 4.78 is 25.3. The van der Waals surface area contributed by atoms with Gasteiger partial charge in [-0.05, 0) is 46.1 Å². The number of hydrogen-bond donors (Lipinski definition) is 2. The van der Waals surface area contributed by atoms with Gasteiger partial charge in [0.05, 0.1) is 18.0 Å². The molecule has 140 valence electrons. The maximum atomic E-state index is 12.9. The van der Waals surface area contributed by atoms with Gasteiger partial charge in [-0.15, -0.1) is 0 Å². The summed E-state index contributed by atoms with van der Waals surface area (Å²) in [6.45, 7) is 8.25. The SMILES string of the molecule is CC(=O)c1c(C)[nH]c(C(=O)[C@H](C)N2CCC(NS(C)(=O)=O)CC2)c1C. The average molecular weight is 369 g/mol. The van der Waals surface area contributed by atoms with E-state index in [0.29, 0.717) is 42.8 Å². The fraction of sp³-hybridized carbons (Fsp3) is 0.647. The second-order valence-corrected chi connectivity index (χ2v) is 8.70. The van der Waals surface area contributed by atoms with E-state index >= 15 is 0 Å². The number of likely N-dealkylation sites (tertiary alicyclic amines) is 1. The molecule has 2 rings (SSSR count). The van der Waals surface area contributed by atoms with E-state index in [4.69, 9.17) is 0 Å². The van der Waals surface area contributed by atoms with Crippen molar-refractivity contribution in [3.63, 3.8) is 0 Å². The Labute approximate surface area is 149 Å².